The van der Waals surface area contributed by atoms with E-state index < -0.39 is 22.0 Å². The van der Waals surface area contributed by atoms with Crippen molar-refractivity contribution in [1.82, 2.24) is 5.32 Å². The molecule has 0 radical (unpaired) electrons. The highest BCUT2D eigenvalue weighted by molar-refractivity contribution is 7.92. The summed E-state index contributed by atoms with van der Waals surface area (Å²) < 4.78 is 30.8. The van der Waals surface area contributed by atoms with E-state index in [0.29, 0.717) is 11.4 Å². The fourth-order valence-electron chi connectivity index (χ4n) is 2.62. The average Bonchev–Trinajstić information content (AvgIpc) is 2.95. The average molecular weight is 350 g/mol. The van der Waals surface area contributed by atoms with Crippen molar-refractivity contribution in [2.24, 2.45) is 0 Å². The molecule has 0 spiro atoms. The van der Waals surface area contributed by atoms with Gasteiger partial charge in [-0.1, -0.05) is 6.07 Å². The number of anilines is 1. The van der Waals surface area contributed by atoms with Crippen molar-refractivity contribution in [3.8, 4) is 0 Å². The lowest BCUT2D eigenvalue weighted by atomic mass is 10.1. The molecule has 0 saturated carbocycles. The zero-order chi connectivity index (χ0) is 17.9. The molecule has 7 heteroatoms. The van der Waals surface area contributed by atoms with Crippen molar-refractivity contribution >= 4 is 21.6 Å². The largest absolute Gasteiger partial charge is 0.467 e. The number of hydrogen-bond acceptors (Lipinski definition) is 4. The van der Waals surface area contributed by atoms with E-state index in [1.807, 2.05) is 19.9 Å². The Morgan fingerprint density at radius 2 is 1.88 bits per heavy atom. The van der Waals surface area contributed by atoms with Gasteiger partial charge in [-0.05, 0) is 56.2 Å². The summed E-state index contributed by atoms with van der Waals surface area (Å²) in [6, 6.07) is 8.04. The van der Waals surface area contributed by atoms with Gasteiger partial charge in [0.1, 0.15) is 11.8 Å². The van der Waals surface area contributed by atoms with Crippen molar-refractivity contribution < 1.29 is 17.6 Å². The van der Waals surface area contributed by atoms with E-state index in [0.717, 1.165) is 21.7 Å². The quantitative estimate of drug-likeness (QED) is 0.867. The van der Waals surface area contributed by atoms with Crippen LogP contribution in [0.25, 0.3) is 0 Å². The zero-order valence-corrected chi connectivity index (χ0v) is 15.1. The Kier molecular flexibility index (Phi) is 5.33. The summed E-state index contributed by atoms with van der Waals surface area (Å²) in [5.74, 6) is 0.212. The van der Waals surface area contributed by atoms with E-state index in [9.17, 15) is 13.2 Å². The van der Waals surface area contributed by atoms with Crippen LogP contribution in [0.2, 0.25) is 0 Å². The molecule has 1 aromatic carbocycles. The Morgan fingerprint density at radius 1 is 1.25 bits per heavy atom. The SMILES string of the molecule is Cc1cc(C)cc(N(C(C)C(=O)NCc2ccco2)S(C)(=O)=O)c1. The number of benzene rings is 1. The van der Waals surface area contributed by atoms with E-state index in [4.69, 9.17) is 4.42 Å². The van der Waals surface area contributed by atoms with Gasteiger partial charge in [-0.15, -0.1) is 0 Å². The van der Waals surface area contributed by atoms with Crippen LogP contribution < -0.4 is 9.62 Å². The Bertz CT molecular complexity index is 793. The van der Waals surface area contributed by atoms with E-state index in [1.165, 1.54) is 6.26 Å². The molecule has 1 aromatic heterocycles. The molecule has 24 heavy (non-hydrogen) atoms. The summed E-state index contributed by atoms with van der Waals surface area (Å²) >= 11 is 0. The number of rotatable bonds is 6. The molecule has 2 rings (SSSR count). The molecule has 1 amide bonds. The van der Waals surface area contributed by atoms with Crippen LogP contribution >= 0.6 is 0 Å². The van der Waals surface area contributed by atoms with Gasteiger partial charge in [0, 0.05) is 0 Å². The van der Waals surface area contributed by atoms with E-state index >= 15 is 0 Å². The third kappa shape index (κ3) is 4.38. The summed E-state index contributed by atoms with van der Waals surface area (Å²) in [5, 5.41) is 2.70. The Labute approximate surface area is 142 Å². The van der Waals surface area contributed by atoms with Gasteiger partial charge in [0.25, 0.3) is 0 Å². The van der Waals surface area contributed by atoms with Crippen LogP contribution in [0, 0.1) is 13.8 Å². The second-order valence-electron chi connectivity index (χ2n) is 5.88. The third-order valence-corrected chi connectivity index (χ3v) is 4.81. The number of nitrogens with zero attached hydrogens (tertiary/aromatic N) is 1. The van der Waals surface area contributed by atoms with Crippen LogP contribution in [0.3, 0.4) is 0 Å². The van der Waals surface area contributed by atoms with Gasteiger partial charge in [0.15, 0.2) is 0 Å². The fourth-order valence-corrected chi connectivity index (χ4v) is 3.78. The maximum atomic E-state index is 12.4. The minimum atomic E-state index is -3.62. The summed E-state index contributed by atoms with van der Waals surface area (Å²) in [5.41, 5.74) is 2.35. The van der Waals surface area contributed by atoms with Gasteiger partial charge >= 0.3 is 0 Å². The zero-order valence-electron chi connectivity index (χ0n) is 14.2. The van der Waals surface area contributed by atoms with Gasteiger partial charge in [-0.2, -0.15) is 0 Å². The molecular formula is C17H22N2O4S. The third-order valence-electron chi connectivity index (χ3n) is 3.57. The lowest BCUT2D eigenvalue weighted by molar-refractivity contribution is -0.122. The molecule has 0 saturated heterocycles. The van der Waals surface area contributed by atoms with Crippen molar-refractivity contribution in [3.05, 3.63) is 53.5 Å². The van der Waals surface area contributed by atoms with Crippen LogP contribution in [-0.2, 0) is 21.4 Å². The smallest absolute Gasteiger partial charge is 0.243 e. The first-order chi connectivity index (χ1) is 11.2. The van der Waals surface area contributed by atoms with Crippen LogP contribution in [0.15, 0.2) is 41.0 Å². The molecule has 130 valence electrons. The van der Waals surface area contributed by atoms with Crippen molar-refractivity contribution in [2.75, 3.05) is 10.6 Å². The molecule has 1 unspecified atom stereocenters. The van der Waals surface area contributed by atoms with Crippen LogP contribution in [-0.4, -0.2) is 26.6 Å². The molecule has 0 fully saturated rings. The summed E-state index contributed by atoms with van der Waals surface area (Å²) in [6.45, 7) is 5.55. The Morgan fingerprint density at radius 3 is 2.38 bits per heavy atom. The first-order valence-corrected chi connectivity index (χ1v) is 9.41. The molecule has 0 bridgehead atoms. The summed E-state index contributed by atoms with van der Waals surface area (Å²) in [7, 11) is -3.62. The molecule has 0 aliphatic heterocycles. The van der Waals surface area contributed by atoms with Crippen LogP contribution in [0.5, 0.6) is 0 Å². The molecule has 1 heterocycles. The van der Waals surface area contributed by atoms with E-state index in [2.05, 4.69) is 5.32 Å². The lowest BCUT2D eigenvalue weighted by Gasteiger charge is -2.28. The Hall–Kier alpha value is -2.28. The fraction of sp³-hybridized carbons (Fsp3) is 0.353. The molecular weight excluding hydrogens is 328 g/mol. The number of aryl methyl sites for hydroxylation is 2. The van der Waals surface area contributed by atoms with Crippen molar-refractivity contribution in [2.45, 2.75) is 33.4 Å². The highest BCUT2D eigenvalue weighted by Crippen LogP contribution is 2.23. The monoisotopic (exact) mass is 350 g/mol. The van der Waals surface area contributed by atoms with Crippen molar-refractivity contribution in [3.63, 3.8) is 0 Å². The number of amides is 1. The van der Waals surface area contributed by atoms with Crippen LogP contribution in [0.1, 0.15) is 23.8 Å². The molecule has 6 nitrogen and oxygen atoms in total. The number of nitrogens with one attached hydrogen (secondary N) is 1. The molecule has 0 aliphatic carbocycles. The van der Waals surface area contributed by atoms with Crippen LogP contribution in [0.4, 0.5) is 5.69 Å². The van der Waals surface area contributed by atoms with Gasteiger partial charge in [-0.25, -0.2) is 8.42 Å². The molecule has 2 aromatic rings. The molecule has 1 N–H and O–H groups in total. The maximum absolute atomic E-state index is 12.4. The van der Waals surface area contributed by atoms with E-state index in [-0.39, 0.29) is 6.54 Å². The van der Waals surface area contributed by atoms with Crippen molar-refractivity contribution in [1.29, 1.82) is 0 Å². The van der Waals surface area contributed by atoms with Gasteiger partial charge in [-0.3, -0.25) is 9.10 Å². The minimum absolute atomic E-state index is 0.209. The normalized spacial score (nSPS) is 12.7. The summed E-state index contributed by atoms with van der Waals surface area (Å²) in [4.78, 5) is 12.4. The predicted molar refractivity (Wildman–Crippen MR) is 93.3 cm³/mol. The van der Waals surface area contributed by atoms with Gasteiger partial charge < -0.3 is 9.73 Å². The highest BCUT2D eigenvalue weighted by atomic mass is 32.2. The minimum Gasteiger partial charge on any atom is -0.467 e. The number of furan rings is 1. The highest BCUT2D eigenvalue weighted by Gasteiger charge is 2.29. The molecule has 1 atom stereocenters. The second-order valence-corrected chi connectivity index (χ2v) is 7.74. The first-order valence-electron chi connectivity index (χ1n) is 7.56. The topological polar surface area (TPSA) is 79.6 Å². The maximum Gasteiger partial charge on any atom is 0.243 e. The standard InChI is InChI=1S/C17H22N2O4S/c1-12-8-13(2)10-15(9-12)19(24(4,21)22)14(3)17(20)18-11-16-6-5-7-23-16/h5-10,14H,11H2,1-4H3,(H,18,20). The predicted octanol–water partition coefficient (Wildman–Crippen LogP) is 2.37. The number of carbonyl (C=O) groups excluding carboxylic acids is 1. The van der Waals surface area contributed by atoms with Gasteiger partial charge in [0.05, 0.1) is 24.8 Å². The van der Waals surface area contributed by atoms with Gasteiger partial charge in [0.2, 0.25) is 15.9 Å². The number of carbonyl (C=O) groups is 1. The lowest BCUT2D eigenvalue weighted by Crippen LogP contribution is -2.47. The second kappa shape index (κ2) is 7.09. The number of hydrogen-bond donors (Lipinski definition) is 1. The Balaban J connectivity index is 2.25. The van der Waals surface area contributed by atoms with E-state index in [1.54, 1.807) is 31.2 Å². The first kappa shape index (κ1) is 18.1. The molecule has 0 aliphatic rings. The summed E-state index contributed by atoms with van der Waals surface area (Å²) in [6.07, 6.45) is 2.62. The number of sulfonamides is 1.